The summed E-state index contributed by atoms with van der Waals surface area (Å²) in [5.41, 5.74) is 1.12. The number of fused-ring (bicyclic) bond motifs is 3. The minimum atomic E-state index is -0.576. The highest BCUT2D eigenvalue weighted by Crippen LogP contribution is 2.31. The Labute approximate surface area is 262 Å². The Morgan fingerprint density at radius 3 is 2.24 bits per heavy atom. The van der Waals surface area contributed by atoms with Crippen molar-refractivity contribution in [3.8, 4) is 0 Å². The third kappa shape index (κ3) is 6.66. The third-order valence-electron chi connectivity index (χ3n) is 10.2. The topological polar surface area (TPSA) is 105 Å². The fourth-order valence-corrected chi connectivity index (χ4v) is 7.79. The van der Waals surface area contributed by atoms with Crippen LogP contribution in [0.1, 0.15) is 47.3 Å². The lowest BCUT2D eigenvalue weighted by molar-refractivity contribution is -0.134. The van der Waals surface area contributed by atoms with Crippen LogP contribution in [0.5, 0.6) is 0 Å². The summed E-state index contributed by atoms with van der Waals surface area (Å²) < 4.78 is 14.9. The zero-order chi connectivity index (χ0) is 30.9. The van der Waals surface area contributed by atoms with Crippen molar-refractivity contribution in [1.29, 1.82) is 0 Å². The number of halogens is 1. The Morgan fingerprint density at radius 2 is 1.51 bits per heavy atom. The average molecular weight is 616 g/mol. The summed E-state index contributed by atoms with van der Waals surface area (Å²) in [6, 6.07) is 13.2. The van der Waals surface area contributed by atoms with Gasteiger partial charge in [-0.25, -0.2) is 9.49 Å². The Morgan fingerprint density at radius 1 is 0.844 bits per heavy atom. The lowest BCUT2D eigenvalue weighted by Gasteiger charge is -2.39. The van der Waals surface area contributed by atoms with Crippen LogP contribution in [0.15, 0.2) is 47.3 Å². The molecule has 0 spiro atoms. The number of benzene rings is 2. The molecule has 4 fully saturated rings. The largest absolute Gasteiger partial charge is 0.338 e. The number of H-pyrrole nitrogens is 1. The zero-order valence-corrected chi connectivity index (χ0v) is 25.7. The second-order valence-corrected chi connectivity index (χ2v) is 13.3. The highest BCUT2D eigenvalue weighted by atomic mass is 19.1. The van der Waals surface area contributed by atoms with E-state index in [1.54, 1.807) is 29.2 Å². The number of nitrogens with zero attached hydrogens (tertiary/aromatic N) is 5. The first-order chi connectivity index (χ1) is 21.9. The number of hydrogen-bond donors (Lipinski definition) is 2. The first-order valence-electron chi connectivity index (χ1n) is 16.4. The number of rotatable bonds is 7. The Bertz CT molecular complexity index is 1600. The van der Waals surface area contributed by atoms with E-state index < -0.39 is 5.82 Å². The maximum Gasteiger partial charge on any atom is 0.272 e. The first-order valence-corrected chi connectivity index (χ1v) is 16.4. The number of carbonyl (C=O) groups excluding carboxylic acids is 2. The van der Waals surface area contributed by atoms with Crippen LogP contribution in [-0.2, 0) is 11.2 Å². The summed E-state index contributed by atoms with van der Waals surface area (Å²) in [4.78, 5) is 47.0. The van der Waals surface area contributed by atoms with Crippen molar-refractivity contribution in [2.75, 3.05) is 65.4 Å². The molecule has 0 aliphatic carbocycles. The van der Waals surface area contributed by atoms with E-state index in [0.29, 0.717) is 50.2 Å². The highest BCUT2D eigenvalue weighted by Gasteiger charge is 2.35. The van der Waals surface area contributed by atoms with Gasteiger partial charge in [0.2, 0.25) is 5.91 Å². The normalized spacial score (nSPS) is 24.3. The van der Waals surface area contributed by atoms with Crippen LogP contribution in [0.4, 0.5) is 4.39 Å². The van der Waals surface area contributed by atoms with Gasteiger partial charge in [-0.1, -0.05) is 24.3 Å². The number of amides is 2. The summed E-state index contributed by atoms with van der Waals surface area (Å²) in [5.74, 6) is -0.0639. The molecule has 2 unspecified atom stereocenters. The molecule has 1 aromatic heterocycles. The fraction of sp³-hybridized carbons (Fsp3) is 0.529. The van der Waals surface area contributed by atoms with Crippen LogP contribution in [-0.4, -0.2) is 119 Å². The number of piperidine rings is 1. The molecule has 4 aliphatic heterocycles. The lowest BCUT2D eigenvalue weighted by atomic mass is 9.92. The van der Waals surface area contributed by atoms with Crippen molar-refractivity contribution in [2.24, 2.45) is 5.92 Å². The van der Waals surface area contributed by atoms with Gasteiger partial charge in [0.25, 0.3) is 11.5 Å². The molecule has 2 aromatic carbocycles. The maximum atomic E-state index is 14.9. The number of piperazine rings is 2. The lowest BCUT2D eigenvalue weighted by Crippen LogP contribution is -2.55. The Hall–Kier alpha value is -3.67. The number of aromatic amines is 1. The van der Waals surface area contributed by atoms with E-state index >= 15 is 0 Å². The van der Waals surface area contributed by atoms with E-state index in [4.69, 9.17) is 0 Å². The molecule has 5 heterocycles. The third-order valence-corrected chi connectivity index (χ3v) is 10.2. The average Bonchev–Trinajstić information content (AvgIpc) is 3.41. The van der Waals surface area contributed by atoms with Crippen molar-refractivity contribution in [1.82, 2.24) is 35.1 Å². The van der Waals surface area contributed by atoms with E-state index in [-0.39, 0.29) is 22.9 Å². The molecule has 2 atom stereocenters. The van der Waals surface area contributed by atoms with E-state index in [1.165, 1.54) is 38.3 Å². The minimum Gasteiger partial charge on any atom is -0.338 e. The van der Waals surface area contributed by atoms with E-state index in [1.807, 2.05) is 17.0 Å². The van der Waals surface area contributed by atoms with Crippen molar-refractivity contribution < 1.29 is 14.0 Å². The van der Waals surface area contributed by atoms with Crippen LogP contribution >= 0.6 is 0 Å². The predicted molar refractivity (Wildman–Crippen MR) is 170 cm³/mol. The monoisotopic (exact) mass is 615 g/mol. The summed E-state index contributed by atoms with van der Waals surface area (Å²) >= 11 is 0. The van der Waals surface area contributed by atoms with Crippen molar-refractivity contribution in [2.45, 2.75) is 44.2 Å². The van der Waals surface area contributed by atoms with Gasteiger partial charge in [0.15, 0.2) is 0 Å². The summed E-state index contributed by atoms with van der Waals surface area (Å²) in [5, 5.41) is 11.7. The van der Waals surface area contributed by atoms with Gasteiger partial charge in [0.05, 0.1) is 23.2 Å². The SMILES string of the molecule is O=C(CN1CCN(CC2CC3CCC(C2)N3)CC1)N1CCN(C(=O)c2cc(Cc3n[nH]c(=O)c4ccccc34)ccc2F)CC1. The molecule has 45 heavy (non-hydrogen) atoms. The van der Waals surface area contributed by atoms with Gasteiger partial charge in [-0.3, -0.25) is 19.3 Å². The summed E-state index contributed by atoms with van der Waals surface area (Å²) in [7, 11) is 0. The molecule has 3 aromatic rings. The van der Waals surface area contributed by atoms with Gasteiger partial charge in [-0.05, 0) is 55.4 Å². The number of aromatic nitrogens is 2. The number of nitrogens with one attached hydrogen (secondary N) is 2. The number of carbonyl (C=O) groups is 2. The minimum absolute atomic E-state index is 0.0102. The maximum absolute atomic E-state index is 14.9. The zero-order valence-electron chi connectivity index (χ0n) is 25.7. The summed E-state index contributed by atoms with van der Waals surface area (Å²) in [6.07, 6.45) is 5.60. The molecule has 0 saturated carbocycles. The van der Waals surface area contributed by atoms with E-state index in [0.717, 1.165) is 55.1 Å². The molecule has 2 bridgehead atoms. The molecule has 238 valence electrons. The van der Waals surface area contributed by atoms with Crippen molar-refractivity contribution in [3.63, 3.8) is 0 Å². The molecular formula is C34H42FN7O3. The summed E-state index contributed by atoms with van der Waals surface area (Å²) in [6.45, 7) is 7.03. The van der Waals surface area contributed by atoms with Crippen molar-refractivity contribution in [3.05, 3.63) is 75.5 Å². The molecule has 4 saturated heterocycles. The second kappa shape index (κ2) is 13.0. The molecule has 0 radical (unpaired) electrons. The predicted octanol–water partition coefficient (Wildman–Crippen LogP) is 2.09. The van der Waals surface area contributed by atoms with Crippen LogP contribution in [0.3, 0.4) is 0 Å². The van der Waals surface area contributed by atoms with Crippen LogP contribution in [0, 0.1) is 11.7 Å². The van der Waals surface area contributed by atoms with Crippen LogP contribution in [0.25, 0.3) is 10.8 Å². The van der Waals surface area contributed by atoms with Gasteiger partial charge in [-0.15, -0.1) is 0 Å². The molecule has 10 nitrogen and oxygen atoms in total. The highest BCUT2D eigenvalue weighted by molar-refractivity contribution is 5.95. The standard InChI is InChI=1S/C34H42FN7O3/c35-30-8-5-23(20-31-27-3-1-2-4-28(27)33(44)38-37-31)19-29(30)34(45)42-15-13-41(14-16-42)32(43)22-40-11-9-39(10-12-40)21-24-17-25-6-7-26(18-24)36-25/h1-5,8,19,24-26,36H,6-7,9-18,20-22H2,(H,38,44). The fourth-order valence-electron chi connectivity index (χ4n) is 7.79. The molecule has 2 N–H and O–H groups in total. The molecule has 7 rings (SSSR count). The second-order valence-electron chi connectivity index (χ2n) is 13.3. The molecule has 2 amide bonds. The van der Waals surface area contributed by atoms with Gasteiger partial charge in [-0.2, -0.15) is 5.10 Å². The smallest absolute Gasteiger partial charge is 0.272 e. The van der Waals surface area contributed by atoms with Crippen molar-refractivity contribution >= 4 is 22.6 Å². The van der Waals surface area contributed by atoms with Gasteiger partial charge < -0.3 is 20.0 Å². The van der Waals surface area contributed by atoms with E-state index in [2.05, 4.69) is 25.3 Å². The molecular weight excluding hydrogens is 573 g/mol. The van der Waals surface area contributed by atoms with Gasteiger partial charge in [0.1, 0.15) is 5.82 Å². The quantitative estimate of drug-likeness (QED) is 0.420. The number of hydrogen-bond acceptors (Lipinski definition) is 7. The first kappa shape index (κ1) is 30.0. The molecule has 11 heteroatoms. The Balaban J connectivity index is 0.895. The van der Waals surface area contributed by atoms with Gasteiger partial charge in [0, 0.05) is 82.8 Å². The Kier molecular flexibility index (Phi) is 8.66. The van der Waals surface area contributed by atoms with Crippen LogP contribution < -0.4 is 10.9 Å². The van der Waals surface area contributed by atoms with E-state index in [9.17, 15) is 18.8 Å². The van der Waals surface area contributed by atoms with Gasteiger partial charge >= 0.3 is 0 Å². The van der Waals surface area contributed by atoms with Crippen LogP contribution in [0.2, 0.25) is 0 Å². The molecule has 4 aliphatic rings.